The minimum Gasteiger partial charge on any atom is -0.302 e. The summed E-state index contributed by atoms with van der Waals surface area (Å²) in [5.41, 5.74) is 0. The van der Waals surface area contributed by atoms with E-state index in [1.807, 2.05) is 0 Å². The lowest BCUT2D eigenvalue weighted by Crippen LogP contribution is -2.26. The Labute approximate surface area is 60.3 Å². The number of hydrogen-bond donors (Lipinski definition) is 0. The van der Waals surface area contributed by atoms with Crippen molar-refractivity contribution in [2.24, 2.45) is 0 Å². The predicted octanol–water partition coefficient (Wildman–Crippen LogP) is 0.153. The van der Waals surface area contributed by atoms with Crippen LogP contribution in [0, 0.1) is 0 Å². The minimum atomic E-state index is -3.10. The van der Waals surface area contributed by atoms with Crippen molar-refractivity contribution in [3.63, 3.8) is 0 Å². The molecule has 0 radical (unpaired) electrons. The fourth-order valence-corrected chi connectivity index (χ4v) is 2.36. The van der Waals surface area contributed by atoms with Gasteiger partial charge in [-0.05, 0) is 12.8 Å². The third-order valence-corrected chi connectivity index (χ3v) is 4.46. The van der Waals surface area contributed by atoms with E-state index in [4.69, 9.17) is 0 Å². The first kappa shape index (κ1) is 7.72. The van der Waals surface area contributed by atoms with Crippen LogP contribution in [0.15, 0.2) is 0 Å². The second kappa shape index (κ2) is 2.05. The van der Waals surface area contributed by atoms with E-state index in [9.17, 15) is 13.2 Å². The van der Waals surface area contributed by atoms with Crippen molar-refractivity contribution in [2.45, 2.75) is 24.5 Å². The van der Waals surface area contributed by atoms with E-state index in [-0.39, 0.29) is 5.75 Å². The highest BCUT2D eigenvalue weighted by Crippen LogP contribution is 2.41. The highest BCUT2D eigenvalue weighted by molar-refractivity contribution is 7.93. The first-order valence-corrected chi connectivity index (χ1v) is 4.92. The van der Waals surface area contributed by atoms with Crippen LogP contribution in [0.2, 0.25) is 0 Å². The second-order valence-electron chi connectivity index (χ2n) is 2.59. The van der Waals surface area contributed by atoms with Crippen molar-refractivity contribution in [1.29, 1.82) is 0 Å². The number of rotatable bonds is 3. The predicted molar refractivity (Wildman–Crippen MR) is 37.5 cm³/mol. The van der Waals surface area contributed by atoms with E-state index in [0.29, 0.717) is 19.1 Å². The quantitative estimate of drug-likeness (QED) is 0.555. The topological polar surface area (TPSA) is 51.2 Å². The van der Waals surface area contributed by atoms with Crippen molar-refractivity contribution >= 4 is 16.1 Å². The average Bonchev–Trinajstić information content (AvgIpc) is 2.67. The Morgan fingerprint density at radius 1 is 1.50 bits per heavy atom. The Morgan fingerprint density at radius 3 is 2.10 bits per heavy atom. The molecule has 58 valence electrons. The van der Waals surface area contributed by atoms with Gasteiger partial charge < -0.3 is 4.79 Å². The summed E-state index contributed by atoms with van der Waals surface area (Å²) in [6.45, 7) is 1.57. The molecule has 0 aromatic carbocycles. The number of carbonyl (C=O) groups is 1. The summed E-state index contributed by atoms with van der Waals surface area (Å²) in [4.78, 5) is 10.3. The van der Waals surface area contributed by atoms with E-state index in [1.165, 1.54) is 0 Å². The molecule has 1 rings (SSSR count). The van der Waals surface area contributed by atoms with Gasteiger partial charge in [0.1, 0.15) is 11.0 Å². The molecule has 0 amide bonds. The number of sulfone groups is 1. The molecule has 0 aromatic rings. The summed E-state index contributed by atoms with van der Waals surface area (Å²) in [5, 5.41) is 0. The number of hydrogen-bond acceptors (Lipinski definition) is 3. The van der Waals surface area contributed by atoms with Crippen LogP contribution in [0.25, 0.3) is 0 Å². The van der Waals surface area contributed by atoms with E-state index in [2.05, 4.69) is 0 Å². The van der Waals surface area contributed by atoms with Crippen molar-refractivity contribution in [3.8, 4) is 0 Å². The Morgan fingerprint density at radius 2 is 2.00 bits per heavy atom. The fraction of sp³-hybridized carbons (Fsp3) is 0.833. The van der Waals surface area contributed by atoms with Crippen molar-refractivity contribution in [1.82, 2.24) is 0 Å². The lowest BCUT2D eigenvalue weighted by molar-refractivity contribution is -0.108. The monoisotopic (exact) mass is 162 g/mol. The molecule has 0 spiro atoms. The summed E-state index contributed by atoms with van der Waals surface area (Å²) in [7, 11) is -3.10. The van der Waals surface area contributed by atoms with E-state index < -0.39 is 14.6 Å². The molecule has 4 heteroatoms. The van der Waals surface area contributed by atoms with Crippen LogP contribution in [0.1, 0.15) is 19.8 Å². The van der Waals surface area contributed by atoms with Crippen LogP contribution in [0.3, 0.4) is 0 Å². The van der Waals surface area contributed by atoms with E-state index in [0.717, 1.165) is 0 Å². The molecule has 1 aliphatic rings. The van der Waals surface area contributed by atoms with Gasteiger partial charge >= 0.3 is 0 Å². The van der Waals surface area contributed by atoms with Gasteiger partial charge in [-0.3, -0.25) is 0 Å². The van der Waals surface area contributed by atoms with Gasteiger partial charge in [-0.1, -0.05) is 6.92 Å². The molecule has 10 heavy (non-hydrogen) atoms. The molecule has 0 N–H and O–H groups in total. The summed E-state index contributed by atoms with van der Waals surface area (Å²) in [6.07, 6.45) is 1.62. The molecule has 0 saturated heterocycles. The first-order valence-electron chi connectivity index (χ1n) is 3.26. The van der Waals surface area contributed by atoms with Crippen LogP contribution in [0.4, 0.5) is 0 Å². The molecule has 0 bridgehead atoms. The standard InChI is InChI=1S/C6H10O3S/c1-2-10(8,9)6(5-7)3-4-6/h5H,2-4H2,1H3. The van der Waals surface area contributed by atoms with Gasteiger partial charge in [-0.25, -0.2) is 8.42 Å². The van der Waals surface area contributed by atoms with Crippen molar-refractivity contribution < 1.29 is 13.2 Å². The van der Waals surface area contributed by atoms with Gasteiger partial charge in [0.05, 0.1) is 0 Å². The van der Waals surface area contributed by atoms with Crippen LogP contribution >= 0.6 is 0 Å². The molecule has 3 nitrogen and oxygen atoms in total. The van der Waals surface area contributed by atoms with Gasteiger partial charge in [0.25, 0.3) is 0 Å². The minimum absolute atomic E-state index is 0.0751. The van der Waals surface area contributed by atoms with Gasteiger partial charge in [-0.2, -0.15) is 0 Å². The van der Waals surface area contributed by atoms with Crippen molar-refractivity contribution in [2.75, 3.05) is 5.75 Å². The highest BCUT2D eigenvalue weighted by Gasteiger charge is 2.53. The summed E-state index contributed by atoms with van der Waals surface area (Å²) < 4.78 is 21.2. The van der Waals surface area contributed by atoms with Gasteiger partial charge in [0.2, 0.25) is 0 Å². The molecule has 0 atom stereocenters. The maximum absolute atomic E-state index is 11.1. The maximum Gasteiger partial charge on any atom is 0.162 e. The zero-order valence-corrected chi connectivity index (χ0v) is 6.65. The van der Waals surface area contributed by atoms with Gasteiger partial charge in [0, 0.05) is 5.75 Å². The lowest BCUT2D eigenvalue weighted by Gasteiger charge is -2.04. The Balaban J connectivity index is 2.93. The molecule has 0 unspecified atom stereocenters. The average molecular weight is 162 g/mol. The second-order valence-corrected chi connectivity index (χ2v) is 5.21. The molecule has 1 fully saturated rings. The number of carbonyl (C=O) groups excluding carboxylic acids is 1. The van der Waals surface area contributed by atoms with Crippen LogP contribution in [0.5, 0.6) is 0 Å². The molecule has 1 aliphatic carbocycles. The third kappa shape index (κ3) is 0.868. The fourth-order valence-electron chi connectivity index (χ4n) is 0.913. The summed E-state index contributed by atoms with van der Waals surface area (Å²) >= 11 is 0. The highest BCUT2D eigenvalue weighted by atomic mass is 32.2. The number of aldehydes is 1. The van der Waals surface area contributed by atoms with E-state index >= 15 is 0 Å². The zero-order valence-electron chi connectivity index (χ0n) is 5.83. The molecular weight excluding hydrogens is 152 g/mol. The lowest BCUT2D eigenvalue weighted by atomic mass is 10.5. The van der Waals surface area contributed by atoms with Crippen molar-refractivity contribution in [3.05, 3.63) is 0 Å². The molecular formula is C6H10O3S. The summed E-state index contributed by atoms with van der Waals surface area (Å²) in [6, 6.07) is 0. The Bertz CT molecular complexity index is 236. The SMILES string of the molecule is CCS(=O)(=O)C1(C=O)CC1. The third-order valence-electron chi connectivity index (χ3n) is 1.96. The normalized spacial score (nSPS) is 22.1. The molecule has 1 saturated carbocycles. The van der Waals surface area contributed by atoms with Crippen LogP contribution in [-0.4, -0.2) is 25.2 Å². The molecule has 0 heterocycles. The summed E-state index contributed by atoms with van der Waals surface area (Å²) in [5.74, 6) is 0.0751. The van der Waals surface area contributed by atoms with Crippen LogP contribution in [-0.2, 0) is 14.6 Å². The molecule has 0 aromatic heterocycles. The maximum atomic E-state index is 11.1. The van der Waals surface area contributed by atoms with Gasteiger partial charge in [-0.15, -0.1) is 0 Å². The zero-order chi connectivity index (χ0) is 7.83. The largest absolute Gasteiger partial charge is 0.302 e. The smallest absolute Gasteiger partial charge is 0.162 e. The first-order chi connectivity index (χ1) is 4.58. The Hall–Kier alpha value is -0.380. The van der Waals surface area contributed by atoms with Gasteiger partial charge in [0.15, 0.2) is 9.84 Å². The Kier molecular flexibility index (Phi) is 1.58. The van der Waals surface area contributed by atoms with Crippen LogP contribution < -0.4 is 0 Å². The van der Waals surface area contributed by atoms with E-state index in [1.54, 1.807) is 6.92 Å². The molecule has 0 aliphatic heterocycles.